The molecule has 2 aromatic rings. The maximum absolute atomic E-state index is 11.5. The summed E-state index contributed by atoms with van der Waals surface area (Å²) < 4.78 is 0. The van der Waals surface area contributed by atoms with Crippen LogP contribution < -0.4 is 4.84 Å². The summed E-state index contributed by atoms with van der Waals surface area (Å²) in [5, 5.41) is 1.51. The molecule has 0 aliphatic heterocycles. The van der Waals surface area contributed by atoms with Gasteiger partial charge in [-0.25, -0.2) is 0 Å². The first kappa shape index (κ1) is 14.3. The third-order valence-corrected chi connectivity index (χ3v) is 2.77. The minimum Gasteiger partial charge on any atom is -0.268 e. The van der Waals surface area contributed by atoms with Crippen LogP contribution in [0.5, 0.6) is 0 Å². The fraction of sp³-hybridized carbons (Fsp3) is 0. The van der Waals surface area contributed by atoms with E-state index in [1.54, 1.807) is 18.2 Å². The van der Waals surface area contributed by atoms with Crippen molar-refractivity contribution in [2.24, 2.45) is 0 Å². The molecule has 0 aliphatic carbocycles. The Balaban J connectivity index is 0.00000144. The number of carbonyl (C=O) groups excluding carboxylic acids is 1. The maximum Gasteiger partial charge on any atom is 0.269 e. The van der Waals surface area contributed by atoms with Crippen LogP contribution in [0.2, 0.25) is 10.0 Å². The molecule has 3 nitrogen and oxygen atoms in total. The number of amides is 1. The zero-order valence-corrected chi connectivity index (χ0v) is 11.3. The van der Waals surface area contributed by atoms with E-state index in [4.69, 9.17) is 35.0 Å². The molecule has 17 heavy (non-hydrogen) atoms. The molecular weight excluding hydrogens is 306 g/mol. The first-order valence-electron chi connectivity index (χ1n) is 4.28. The predicted octanol–water partition coefficient (Wildman–Crippen LogP) is 3.85. The standard InChI is InChI=1S/C10H5Cl3N2O.ClH/c11-6-3-5-1-2-7(12)8(10(16)15-13)9(5)14-4-6;/h1-4H,(H,15,16);1H. The Morgan fingerprint density at radius 3 is 2.65 bits per heavy atom. The van der Waals surface area contributed by atoms with Crippen LogP contribution in [-0.2, 0) is 0 Å². The first-order valence-corrected chi connectivity index (χ1v) is 5.41. The van der Waals surface area contributed by atoms with Crippen molar-refractivity contribution in [3.63, 3.8) is 0 Å². The number of halogens is 4. The quantitative estimate of drug-likeness (QED) is 0.813. The van der Waals surface area contributed by atoms with Crippen molar-refractivity contribution < 1.29 is 4.79 Å². The van der Waals surface area contributed by atoms with Crippen molar-refractivity contribution in [1.82, 2.24) is 9.82 Å². The second kappa shape index (κ2) is 5.74. The van der Waals surface area contributed by atoms with Gasteiger partial charge in [0.25, 0.3) is 5.91 Å². The Kier molecular flexibility index (Phi) is 4.83. The van der Waals surface area contributed by atoms with Crippen molar-refractivity contribution in [1.29, 1.82) is 0 Å². The molecule has 0 radical (unpaired) electrons. The molecule has 1 aromatic carbocycles. The van der Waals surface area contributed by atoms with E-state index in [1.807, 2.05) is 4.84 Å². The molecule has 0 saturated heterocycles. The maximum atomic E-state index is 11.5. The number of carbonyl (C=O) groups is 1. The molecule has 0 atom stereocenters. The van der Waals surface area contributed by atoms with Crippen LogP contribution in [0.3, 0.4) is 0 Å². The average Bonchev–Trinajstić information content (AvgIpc) is 2.28. The summed E-state index contributed by atoms with van der Waals surface area (Å²) in [6.07, 6.45) is 1.45. The summed E-state index contributed by atoms with van der Waals surface area (Å²) in [5.41, 5.74) is 0.709. The molecular formula is C10H6Cl4N2O. The molecule has 0 unspecified atom stereocenters. The molecule has 1 aromatic heterocycles. The third kappa shape index (κ3) is 2.75. The lowest BCUT2D eigenvalue weighted by atomic mass is 10.1. The molecule has 1 amide bonds. The first-order chi connectivity index (χ1) is 7.63. The number of aromatic nitrogens is 1. The number of benzene rings is 1. The van der Waals surface area contributed by atoms with E-state index in [0.29, 0.717) is 15.6 Å². The summed E-state index contributed by atoms with van der Waals surface area (Å²) in [5.74, 6) is -0.493. The van der Waals surface area contributed by atoms with Gasteiger partial charge in [-0.15, -0.1) is 12.4 Å². The van der Waals surface area contributed by atoms with Gasteiger partial charge in [0.15, 0.2) is 0 Å². The number of nitrogens with one attached hydrogen (secondary N) is 1. The topological polar surface area (TPSA) is 42.0 Å². The number of pyridine rings is 1. The Morgan fingerprint density at radius 2 is 2.00 bits per heavy atom. The summed E-state index contributed by atoms with van der Waals surface area (Å²) >= 11 is 17.0. The van der Waals surface area contributed by atoms with Crippen LogP contribution in [0, 0.1) is 0 Å². The zero-order valence-electron chi connectivity index (χ0n) is 8.21. The van der Waals surface area contributed by atoms with Crippen molar-refractivity contribution in [2.75, 3.05) is 0 Å². The average molecular weight is 312 g/mol. The fourth-order valence-corrected chi connectivity index (χ4v) is 1.91. The lowest BCUT2D eigenvalue weighted by molar-refractivity contribution is 0.0983. The highest BCUT2D eigenvalue weighted by Crippen LogP contribution is 2.26. The minimum atomic E-state index is -0.493. The third-order valence-electron chi connectivity index (χ3n) is 2.08. The Morgan fingerprint density at radius 1 is 1.29 bits per heavy atom. The summed E-state index contributed by atoms with van der Waals surface area (Å²) in [6.45, 7) is 0. The van der Waals surface area contributed by atoms with Crippen molar-refractivity contribution in [3.8, 4) is 0 Å². The van der Waals surface area contributed by atoms with Gasteiger partial charge in [0.2, 0.25) is 0 Å². The molecule has 0 fully saturated rings. The van der Waals surface area contributed by atoms with Crippen LogP contribution in [0.1, 0.15) is 10.4 Å². The monoisotopic (exact) mass is 310 g/mol. The normalized spacial score (nSPS) is 9.82. The highest BCUT2D eigenvalue weighted by atomic mass is 35.5. The van der Waals surface area contributed by atoms with E-state index >= 15 is 0 Å². The Hall–Kier alpha value is -0.740. The number of rotatable bonds is 1. The summed E-state index contributed by atoms with van der Waals surface area (Å²) in [4.78, 5) is 17.6. The molecule has 7 heteroatoms. The fourth-order valence-electron chi connectivity index (χ4n) is 1.41. The van der Waals surface area contributed by atoms with Crippen molar-refractivity contribution in [3.05, 3.63) is 40.0 Å². The number of hydrogen-bond acceptors (Lipinski definition) is 2. The van der Waals surface area contributed by atoms with Crippen LogP contribution in [0.4, 0.5) is 0 Å². The van der Waals surface area contributed by atoms with Gasteiger partial charge in [-0.2, -0.15) is 0 Å². The smallest absolute Gasteiger partial charge is 0.268 e. The molecule has 1 heterocycles. The zero-order chi connectivity index (χ0) is 11.7. The van der Waals surface area contributed by atoms with Gasteiger partial charge >= 0.3 is 0 Å². The molecule has 0 bridgehead atoms. The summed E-state index contributed by atoms with van der Waals surface area (Å²) in [7, 11) is 0. The van der Waals surface area contributed by atoms with E-state index in [-0.39, 0.29) is 18.0 Å². The van der Waals surface area contributed by atoms with Crippen LogP contribution >= 0.6 is 47.4 Å². The molecule has 0 spiro atoms. The Labute approximate surface area is 119 Å². The number of hydrogen-bond donors (Lipinski definition) is 1. The van der Waals surface area contributed by atoms with Gasteiger partial charge < -0.3 is 0 Å². The van der Waals surface area contributed by atoms with E-state index in [2.05, 4.69) is 4.98 Å². The van der Waals surface area contributed by atoms with Crippen LogP contribution in [0.15, 0.2) is 24.4 Å². The van der Waals surface area contributed by atoms with Gasteiger partial charge in [0.1, 0.15) is 0 Å². The lowest BCUT2D eigenvalue weighted by Gasteiger charge is -2.06. The van der Waals surface area contributed by atoms with Crippen molar-refractivity contribution >= 4 is 64.2 Å². The molecule has 0 aliphatic rings. The minimum absolute atomic E-state index is 0. The Bertz CT molecular complexity index is 573. The van der Waals surface area contributed by atoms with Crippen LogP contribution in [0.25, 0.3) is 10.9 Å². The molecule has 0 saturated carbocycles. The van der Waals surface area contributed by atoms with Gasteiger partial charge in [0, 0.05) is 23.4 Å². The van der Waals surface area contributed by atoms with Gasteiger partial charge in [-0.3, -0.25) is 14.6 Å². The van der Waals surface area contributed by atoms with Crippen molar-refractivity contribution in [2.45, 2.75) is 0 Å². The van der Waals surface area contributed by atoms with Crippen LogP contribution in [-0.4, -0.2) is 10.9 Å². The molecule has 2 rings (SSSR count). The largest absolute Gasteiger partial charge is 0.269 e. The number of nitrogens with zero attached hydrogens (tertiary/aromatic N) is 1. The lowest BCUT2D eigenvalue weighted by Crippen LogP contribution is -2.14. The molecule has 1 N–H and O–H groups in total. The van der Waals surface area contributed by atoms with Gasteiger partial charge in [-0.05, 0) is 12.1 Å². The summed E-state index contributed by atoms with van der Waals surface area (Å²) in [6, 6.07) is 5.04. The van der Waals surface area contributed by atoms with E-state index < -0.39 is 5.91 Å². The predicted molar refractivity (Wildman–Crippen MR) is 72.3 cm³/mol. The van der Waals surface area contributed by atoms with E-state index in [9.17, 15) is 4.79 Å². The van der Waals surface area contributed by atoms with E-state index in [0.717, 1.165) is 5.39 Å². The second-order valence-corrected chi connectivity index (χ2v) is 4.10. The number of fused-ring (bicyclic) bond motifs is 1. The SMILES string of the molecule is Cl.O=C(NCl)c1c(Cl)ccc2cc(Cl)cnc12. The highest BCUT2D eigenvalue weighted by molar-refractivity contribution is 6.37. The molecule has 90 valence electrons. The van der Waals surface area contributed by atoms with Gasteiger partial charge in [0.05, 0.1) is 21.1 Å². The van der Waals surface area contributed by atoms with Gasteiger partial charge in [-0.1, -0.05) is 29.3 Å². The second-order valence-electron chi connectivity index (χ2n) is 3.07. The van der Waals surface area contributed by atoms with E-state index in [1.165, 1.54) is 6.20 Å². The highest BCUT2D eigenvalue weighted by Gasteiger charge is 2.15.